The predicted molar refractivity (Wildman–Crippen MR) is 86.9 cm³/mol. The molecule has 1 N–H and O–H groups in total. The number of hydrogen-bond acceptors (Lipinski definition) is 4. The van der Waals surface area contributed by atoms with Gasteiger partial charge in [0.2, 0.25) is 0 Å². The van der Waals surface area contributed by atoms with Crippen molar-refractivity contribution >= 4 is 17.3 Å². The summed E-state index contributed by atoms with van der Waals surface area (Å²) in [6, 6.07) is 0. The van der Waals surface area contributed by atoms with Crippen LogP contribution < -0.4 is 10.2 Å². The number of fused-ring (bicyclic) bond motifs is 1. The zero-order valence-electron chi connectivity index (χ0n) is 13.2. The van der Waals surface area contributed by atoms with Gasteiger partial charge in [-0.3, -0.25) is 0 Å². The number of imidazole rings is 1. The number of nitrogens with zero attached hydrogens (tertiary/aromatic N) is 4. The molecule has 0 spiro atoms. The highest BCUT2D eigenvalue weighted by Crippen LogP contribution is 2.28. The normalized spacial score (nSPS) is 20.0. The zero-order valence-corrected chi connectivity index (χ0v) is 13.2. The van der Waals surface area contributed by atoms with Gasteiger partial charge < -0.3 is 14.6 Å². The Labute approximate surface area is 126 Å². The molecule has 3 rings (SSSR count). The molecule has 1 fully saturated rings. The highest BCUT2D eigenvalue weighted by Gasteiger charge is 2.22. The van der Waals surface area contributed by atoms with Gasteiger partial charge >= 0.3 is 0 Å². The Morgan fingerprint density at radius 3 is 2.90 bits per heavy atom. The van der Waals surface area contributed by atoms with Crippen LogP contribution in [0, 0.1) is 11.8 Å². The van der Waals surface area contributed by atoms with Crippen LogP contribution >= 0.6 is 0 Å². The summed E-state index contributed by atoms with van der Waals surface area (Å²) in [6.45, 7) is 6.83. The van der Waals surface area contributed by atoms with Crippen LogP contribution in [0.4, 0.5) is 11.6 Å². The van der Waals surface area contributed by atoms with E-state index in [9.17, 15) is 0 Å². The highest BCUT2D eigenvalue weighted by molar-refractivity contribution is 5.66. The molecule has 3 heterocycles. The molecule has 0 saturated carbocycles. The van der Waals surface area contributed by atoms with Gasteiger partial charge in [0.1, 0.15) is 5.82 Å². The average molecular weight is 287 g/mol. The molecule has 0 radical (unpaired) electrons. The Hall–Kier alpha value is -1.78. The van der Waals surface area contributed by atoms with Gasteiger partial charge in [0.15, 0.2) is 11.5 Å². The van der Waals surface area contributed by atoms with E-state index in [1.54, 1.807) is 0 Å². The van der Waals surface area contributed by atoms with Gasteiger partial charge in [0, 0.05) is 32.5 Å². The maximum atomic E-state index is 4.76. The van der Waals surface area contributed by atoms with Crippen molar-refractivity contribution in [2.45, 2.75) is 33.1 Å². The molecule has 21 heavy (non-hydrogen) atoms. The van der Waals surface area contributed by atoms with Gasteiger partial charge in [-0.2, -0.15) is 0 Å². The van der Waals surface area contributed by atoms with E-state index in [1.807, 2.05) is 25.6 Å². The molecule has 5 nitrogen and oxygen atoms in total. The third kappa shape index (κ3) is 2.82. The number of anilines is 2. The molecule has 0 bridgehead atoms. The molecule has 5 heteroatoms. The first kappa shape index (κ1) is 14.2. The lowest BCUT2D eigenvalue weighted by Crippen LogP contribution is -2.26. The molecule has 1 atom stereocenters. The third-order valence-corrected chi connectivity index (χ3v) is 4.63. The Kier molecular flexibility index (Phi) is 3.99. The van der Waals surface area contributed by atoms with Crippen LogP contribution in [-0.2, 0) is 0 Å². The van der Waals surface area contributed by atoms with E-state index in [0.717, 1.165) is 42.2 Å². The summed E-state index contributed by atoms with van der Waals surface area (Å²) in [5.74, 6) is 3.50. The van der Waals surface area contributed by atoms with E-state index < -0.39 is 0 Å². The van der Waals surface area contributed by atoms with E-state index >= 15 is 0 Å². The van der Waals surface area contributed by atoms with Crippen LogP contribution in [0.1, 0.15) is 33.1 Å². The monoisotopic (exact) mass is 287 g/mol. The lowest BCUT2D eigenvalue weighted by Gasteiger charge is -2.23. The first-order chi connectivity index (χ1) is 10.2. The van der Waals surface area contributed by atoms with Crippen molar-refractivity contribution in [2.75, 3.05) is 30.4 Å². The number of hydrogen-bond donors (Lipinski definition) is 1. The van der Waals surface area contributed by atoms with E-state index in [1.165, 1.54) is 19.3 Å². The lowest BCUT2D eigenvalue weighted by atomic mass is 9.89. The van der Waals surface area contributed by atoms with Gasteiger partial charge in [-0.15, -0.1) is 0 Å². The van der Waals surface area contributed by atoms with Crippen molar-refractivity contribution < 1.29 is 0 Å². The van der Waals surface area contributed by atoms with Gasteiger partial charge in [0.25, 0.3) is 0 Å². The van der Waals surface area contributed by atoms with Crippen LogP contribution in [0.2, 0.25) is 0 Å². The van der Waals surface area contributed by atoms with Gasteiger partial charge in [-0.1, -0.05) is 13.8 Å². The smallest absolute Gasteiger partial charge is 0.180 e. The standard InChI is InChI=1S/C16H25N5/c1-12(2)13-5-4-8-20(9-6-13)16-15-18-7-10-21(15)11-14(17-3)19-16/h7,10-13,17H,4-6,8-9H2,1-3H3. The fourth-order valence-corrected chi connectivity index (χ4v) is 3.25. The van der Waals surface area contributed by atoms with E-state index in [2.05, 4.69) is 33.4 Å². The maximum Gasteiger partial charge on any atom is 0.180 e. The topological polar surface area (TPSA) is 45.5 Å². The van der Waals surface area contributed by atoms with Gasteiger partial charge in [-0.25, -0.2) is 9.97 Å². The second-order valence-corrected chi connectivity index (χ2v) is 6.28. The summed E-state index contributed by atoms with van der Waals surface area (Å²) >= 11 is 0. The molecular weight excluding hydrogens is 262 g/mol. The van der Waals surface area contributed by atoms with Crippen molar-refractivity contribution in [1.82, 2.24) is 14.4 Å². The molecule has 2 aromatic rings. The Morgan fingerprint density at radius 1 is 1.29 bits per heavy atom. The molecule has 0 aromatic carbocycles. The van der Waals surface area contributed by atoms with Gasteiger partial charge in [-0.05, 0) is 31.1 Å². The Bertz CT molecular complexity index is 604. The maximum absolute atomic E-state index is 4.76. The fourth-order valence-electron chi connectivity index (χ4n) is 3.25. The third-order valence-electron chi connectivity index (χ3n) is 4.63. The van der Waals surface area contributed by atoms with Crippen molar-refractivity contribution in [2.24, 2.45) is 11.8 Å². The summed E-state index contributed by atoms with van der Waals surface area (Å²) in [5, 5.41) is 3.14. The quantitative estimate of drug-likeness (QED) is 0.942. The molecular formula is C16H25N5. The predicted octanol–water partition coefficient (Wildman–Crippen LogP) is 3.03. The number of aromatic nitrogens is 3. The summed E-state index contributed by atoms with van der Waals surface area (Å²) < 4.78 is 2.05. The molecule has 0 amide bonds. The molecule has 1 aliphatic rings. The van der Waals surface area contributed by atoms with E-state index in [0.29, 0.717) is 0 Å². The van der Waals surface area contributed by atoms with Crippen LogP contribution in [0.3, 0.4) is 0 Å². The first-order valence-electron chi connectivity index (χ1n) is 7.95. The first-order valence-corrected chi connectivity index (χ1v) is 7.95. The van der Waals surface area contributed by atoms with Crippen LogP contribution in [0.25, 0.3) is 5.65 Å². The van der Waals surface area contributed by atoms with Crippen molar-refractivity contribution in [3.63, 3.8) is 0 Å². The Balaban J connectivity index is 1.90. The second kappa shape index (κ2) is 5.92. The number of rotatable bonds is 3. The molecule has 1 unspecified atom stereocenters. The van der Waals surface area contributed by atoms with Gasteiger partial charge in [0.05, 0.1) is 6.20 Å². The van der Waals surface area contributed by atoms with Crippen LogP contribution in [0.15, 0.2) is 18.6 Å². The molecule has 1 saturated heterocycles. The molecule has 114 valence electrons. The second-order valence-electron chi connectivity index (χ2n) is 6.28. The molecule has 0 aliphatic carbocycles. The highest BCUT2D eigenvalue weighted by atomic mass is 15.2. The Morgan fingerprint density at radius 2 is 2.14 bits per heavy atom. The largest absolute Gasteiger partial charge is 0.372 e. The SMILES string of the molecule is CNc1cn2ccnc2c(N2CCCC(C(C)C)CC2)n1. The summed E-state index contributed by atoms with van der Waals surface area (Å²) in [4.78, 5) is 11.7. The lowest BCUT2D eigenvalue weighted by molar-refractivity contribution is 0.351. The number of nitrogens with one attached hydrogen (secondary N) is 1. The zero-order chi connectivity index (χ0) is 14.8. The summed E-state index contributed by atoms with van der Waals surface area (Å²) in [5.41, 5.74) is 0.956. The minimum absolute atomic E-state index is 0.771. The van der Waals surface area contributed by atoms with Crippen molar-refractivity contribution in [3.8, 4) is 0 Å². The minimum Gasteiger partial charge on any atom is -0.372 e. The molecule has 1 aliphatic heterocycles. The average Bonchev–Trinajstić information content (AvgIpc) is 2.81. The van der Waals surface area contributed by atoms with Crippen molar-refractivity contribution in [3.05, 3.63) is 18.6 Å². The molecule has 2 aromatic heterocycles. The van der Waals surface area contributed by atoms with Crippen molar-refractivity contribution in [1.29, 1.82) is 0 Å². The van der Waals surface area contributed by atoms with E-state index in [4.69, 9.17) is 4.98 Å². The summed E-state index contributed by atoms with van der Waals surface area (Å²) in [6.07, 6.45) is 9.62. The van der Waals surface area contributed by atoms with Crippen LogP contribution in [-0.4, -0.2) is 34.5 Å². The minimum atomic E-state index is 0.771. The summed E-state index contributed by atoms with van der Waals surface area (Å²) in [7, 11) is 1.91. The van der Waals surface area contributed by atoms with E-state index in [-0.39, 0.29) is 0 Å². The fraction of sp³-hybridized carbons (Fsp3) is 0.625. The van der Waals surface area contributed by atoms with Crippen LogP contribution in [0.5, 0.6) is 0 Å².